The maximum Gasteiger partial charge on any atom is 0.237 e. The Hall–Kier alpha value is -1.33. The maximum absolute atomic E-state index is 12.3. The Balaban J connectivity index is 2.04. The van der Waals surface area contributed by atoms with Gasteiger partial charge in [-0.1, -0.05) is 43.8 Å². The second-order valence-corrected chi connectivity index (χ2v) is 7.69. The van der Waals surface area contributed by atoms with Crippen molar-refractivity contribution in [2.75, 3.05) is 5.32 Å². The molecule has 0 saturated carbocycles. The van der Waals surface area contributed by atoms with Crippen LogP contribution in [0, 0.1) is 6.92 Å². The van der Waals surface area contributed by atoms with Crippen molar-refractivity contribution < 1.29 is 4.79 Å². The van der Waals surface area contributed by atoms with Crippen LogP contribution in [0.2, 0.25) is 0 Å². The zero-order chi connectivity index (χ0) is 15.4. The van der Waals surface area contributed by atoms with Gasteiger partial charge < -0.3 is 5.32 Å². The van der Waals surface area contributed by atoms with Crippen molar-refractivity contribution in [3.05, 3.63) is 40.9 Å². The number of hydrogen-bond donors (Lipinski definition) is 1. The van der Waals surface area contributed by atoms with Crippen LogP contribution in [0.15, 0.2) is 34.0 Å². The van der Waals surface area contributed by atoms with E-state index in [2.05, 4.69) is 30.2 Å². The molecule has 0 aliphatic heterocycles. The second kappa shape index (κ2) is 7.09. The zero-order valence-corrected chi connectivity index (χ0v) is 14.3. The number of nitrogens with one attached hydrogen (secondary N) is 1. The van der Waals surface area contributed by atoms with Crippen LogP contribution in [0.5, 0.6) is 0 Å². The molecule has 1 atom stereocenters. The molecule has 112 valence electrons. The van der Waals surface area contributed by atoms with Crippen molar-refractivity contribution in [3.63, 3.8) is 0 Å². The molecule has 0 spiro atoms. The number of anilines is 1. The van der Waals surface area contributed by atoms with Crippen LogP contribution in [-0.2, 0) is 4.79 Å². The SMILES string of the molecule is Cc1csc(S[C@H](C)C(=O)Nc2ccccc2C(C)C)n1. The predicted octanol–water partition coefficient (Wildman–Crippen LogP) is 4.69. The lowest BCUT2D eigenvalue weighted by Crippen LogP contribution is -2.23. The van der Waals surface area contributed by atoms with E-state index in [1.54, 1.807) is 11.3 Å². The van der Waals surface area contributed by atoms with Crippen molar-refractivity contribution in [2.24, 2.45) is 0 Å². The Morgan fingerprint density at radius 2 is 2.00 bits per heavy atom. The molecule has 1 amide bonds. The number of thioether (sulfide) groups is 1. The highest BCUT2D eigenvalue weighted by atomic mass is 32.2. The number of carbonyl (C=O) groups excluding carboxylic acids is 1. The Morgan fingerprint density at radius 1 is 1.29 bits per heavy atom. The number of rotatable bonds is 5. The van der Waals surface area contributed by atoms with E-state index in [-0.39, 0.29) is 11.2 Å². The number of thiazole rings is 1. The standard InChI is InChI=1S/C16H20N2OS2/c1-10(2)13-7-5-6-8-14(13)18-15(19)12(4)21-16-17-11(3)9-20-16/h5-10,12H,1-4H3,(H,18,19)/t12-/m1/s1. The van der Waals surface area contributed by atoms with Gasteiger partial charge in [0.15, 0.2) is 4.34 Å². The van der Waals surface area contributed by atoms with Crippen LogP contribution in [0.3, 0.4) is 0 Å². The third-order valence-electron chi connectivity index (χ3n) is 3.09. The van der Waals surface area contributed by atoms with Gasteiger partial charge in [-0.15, -0.1) is 11.3 Å². The number of para-hydroxylation sites is 1. The molecule has 5 heteroatoms. The summed E-state index contributed by atoms with van der Waals surface area (Å²) in [4.78, 5) is 16.7. The first-order valence-corrected chi connectivity index (χ1v) is 8.72. The minimum Gasteiger partial charge on any atom is -0.325 e. The van der Waals surface area contributed by atoms with Crippen molar-refractivity contribution in [2.45, 2.75) is 43.2 Å². The molecule has 0 aliphatic carbocycles. The van der Waals surface area contributed by atoms with Gasteiger partial charge in [-0.25, -0.2) is 4.98 Å². The summed E-state index contributed by atoms with van der Waals surface area (Å²) < 4.78 is 0.937. The fourth-order valence-electron chi connectivity index (χ4n) is 1.94. The molecular formula is C16H20N2OS2. The van der Waals surface area contributed by atoms with Crippen LogP contribution in [0.1, 0.15) is 37.9 Å². The minimum atomic E-state index is -0.171. The number of aryl methyl sites for hydroxylation is 1. The smallest absolute Gasteiger partial charge is 0.237 e. The number of carbonyl (C=O) groups is 1. The van der Waals surface area contributed by atoms with Gasteiger partial charge in [0, 0.05) is 16.8 Å². The van der Waals surface area contributed by atoms with Gasteiger partial charge in [0.2, 0.25) is 5.91 Å². The number of amides is 1. The normalized spacial score (nSPS) is 12.4. The molecule has 0 saturated heterocycles. The summed E-state index contributed by atoms with van der Waals surface area (Å²) in [5.74, 6) is 0.395. The zero-order valence-electron chi connectivity index (χ0n) is 12.7. The highest BCUT2D eigenvalue weighted by Crippen LogP contribution is 2.28. The first-order valence-electron chi connectivity index (χ1n) is 6.96. The molecule has 0 unspecified atom stereocenters. The van der Waals surface area contributed by atoms with Crippen molar-refractivity contribution in [1.82, 2.24) is 4.98 Å². The van der Waals surface area contributed by atoms with Gasteiger partial charge in [-0.05, 0) is 31.4 Å². The van der Waals surface area contributed by atoms with Gasteiger partial charge >= 0.3 is 0 Å². The summed E-state index contributed by atoms with van der Waals surface area (Å²) in [6.07, 6.45) is 0. The molecule has 1 aromatic carbocycles. The Bertz CT molecular complexity index is 622. The average molecular weight is 320 g/mol. The molecule has 0 radical (unpaired) electrons. The molecule has 1 N–H and O–H groups in total. The second-order valence-electron chi connectivity index (χ2n) is 5.25. The summed E-state index contributed by atoms with van der Waals surface area (Å²) >= 11 is 3.08. The van der Waals surface area contributed by atoms with Crippen LogP contribution >= 0.6 is 23.1 Å². The summed E-state index contributed by atoms with van der Waals surface area (Å²) in [5.41, 5.74) is 3.06. The van der Waals surface area contributed by atoms with E-state index in [4.69, 9.17) is 0 Å². The summed E-state index contributed by atoms with van der Waals surface area (Å²) in [5, 5.41) is 4.87. The minimum absolute atomic E-state index is 0.0148. The Labute approximate surface area is 134 Å². The maximum atomic E-state index is 12.3. The van der Waals surface area contributed by atoms with Crippen LogP contribution in [-0.4, -0.2) is 16.1 Å². The van der Waals surface area contributed by atoms with E-state index >= 15 is 0 Å². The number of benzene rings is 1. The van der Waals surface area contributed by atoms with Crippen molar-refractivity contribution in [3.8, 4) is 0 Å². The van der Waals surface area contributed by atoms with E-state index in [0.717, 1.165) is 21.3 Å². The lowest BCUT2D eigenvalue weighted by atomic mass is 10.0. The lowest BCUT2D eigenvalue weighted by Gasteiger charge is -2.15. The molecule has 0 aliphatic rings. The van der Waals surface area contributed by atoms with Gasteiger partial charge in [-0.3, -0.25) is 4.79 Å². The molecule has 2 rings (SSSR count). The lowest BCUT2D eigenvalue weighted by molar-refractivity contribution is -0.115. The summed E-state index contributed by atoms with van der Waals surface area (Å²) in [6.45, 7) is 8.13. The van der Waals surface area contributed by atoms with Gasteiger partial charge in [0.05, 0.1) is 5.25 Å². The first-order chi connectivity index (χ1) is 9.97. The number of hydrogen-bond acceptors (Lipinski definition) is 4. The quantitative estimate of drug-likeness (QED) is 0.812. The topological polar surface area (TPSA) is 42.0 Å². The van der Waals surface area contributed by atoms with Crippen LogP contribution in [0.25, 0.3) is 0 Å². The molecular weight excluding hydrogens is 300 g/mol. The summed E-state index contributed by atoms with van der Waals surface area (Å²) in [7, 11) is 0. The van der Waals surface area contributed by atoms with E-state index < -0.39 is 0 Å². The molecule has 2 aromatic rings. The predicted molar refractivity (Wildman–Crippen MR) is 91.3 cm³/mol. The van der Waals surface area contributed by atoms with Crippen molar-refractivity contribution in [1.29, 1.82) is 0 Å². The highest BCUT2D eigenvalue weighted by Gasteiger charge is 2.17. The van der Waals surface area contributed by atoms with E-state index in [9.17, 15) is 4.79 Å². The van der Waals surface area contributed by atoms with E-state index in [1.807, 2.05) is 37.4 Å². The molecule has 1 heterocycles. The fraction of sp³-hybridized carbons (Fsp3) is 0.375. The van der Waals surface area contributed by atoms with E-state index in [1.165, 1.54) is 11.8 Å². The summed E-state index contributed by atoms with van der Waals surface area (Å²) in [6, 6.07) is 7.96. The van der Waals surface area contributed by atoms with Crippen LogP contribution < -0.4 is 5.32 Å². The average Bonchev–Trinajstić information content (AvgIpc) is 2.84. The molecule has 0 bridgehead atoms. The Kier molecular flexibility index (Phi) is 5.42. The third-order valence-corrected chi connectivity index (χ3v) is 5.28. The van der Waals surface area contributed by atoms with Gasteiger partial charge in [-0.2, -0.15) is 0 Å². The van der Waals surface area contributed by atoms with Crippen LogP contribution in [0.4, 0.5) is 5.69 Å². The first kappa shape index (κ1) is 16.0. The number of nitrogens with zero attached hydrogens (tertiary/aromatic N) is 1. The largest absolute Gasteiger partial charge is 0.325 e. The molecule has 0 fully saturated rings. The Morgan fingerprint density at radius 3 is 2.62 bits per heavy atom. The molecule has 21 heavy (non-hydrogen) atoms. The molecule has 3 nitrogen and oxygen atoms in total. The molecule has 1 aromatic heterocycles. The monoisotopic (exact) mass is 320 g/mol. The van der Waals surface area contributed by atoms with Crippen molar-refractivity contribution >= 4 is 34.7 Å². The highest BCUT2D eigenvalue weighted by molar-refractivity contribution is 8.02. The third kappa shape index (κ3) is 4.32. The fourth-order valence-corrected chi connectivity index (χ4v) is 3.93. The van der Waals surface area contributed by atoms with Gasteiger partial charge in [0.1, 0.15) is 0 Å². The van der Waals surface area contributed by atoms with E-state index in [0.29, 0.717) is 5.92 Å². The van der Waals surface area contributed by atoms with Gasteiger partial charge in [0.25, 0.3) is 0 Å². The number of aromatic nitrogens is 1.